The Balaban J connectivity index is 1.18. The first-order chi connectivity index (χ1) is 21.9. The topological polar surface area (TPSA) is 151 Å². The van der Waals surface area contributed by atoms with Crippen LogP contribution in [0.1, 0.15) is 55.2 Å². The van der Waals surface area contributed by atoms with Gasteiger partial charge >= 0.3 is 11.8 Å². The number of carbonyl (C=O) groups excluding carboxylic acids is 2. The van der Waals surface area contributed by atoms with Crippen molar-refractivity contribution in [2.24, 2.45) is 5.92 Å². The van der Waals surface area contributed by atoms with Crippen LogP contribution in [0.4, 0.5) is 15.0 Å². The van der Waals surface area contributed by atoms with E-state index in [0.29, 0.717) is 36.8 Å². The van der Waals surface area contributed by atoms with E-state index in [4.69, 9.17) is 9.47 Å². The summed E-state index contributed by atoms with van der Waals surface area (Å²) in [6.07, 6.45) is 5.95. The molecular formula is C32H32FN7O6. The first-order valence-electron chi connectivity index (χ1n) is 14.8. The van der Waals surface area contributed by atoms with Crippen LogP contribution >= 0.6 is 0 Å². The van der Waals surface area contributed by atoms with Crippen molar-refractivity contribution in [3.05, 3.63) is 98.6 Å². The second-order valence-electron chi connectivity index (χ2n) is 12.2. The molecule has 0 radical (unpaired) electrons. The number of benzene rings is 1. The molecule has 0 spiro atoms. The largest absolute Gasteiger partial charge is 0.444 e. The Morgan fingerprint density at radius 2 is 1.80 bits per heavy atom. The quantitative estimate of drug-likeness (QED) is 0.319. The minimum absolute atomic E-state index is 0.141. The predicted molar refractivity (Wildman–Crippen MR) is 164 cm³/mol. The third kappa shape index (κ3) is 6.80. The second-order valence-corrected chi connectivity index (χ2v) is 12.2. The Kier molecular flexibility index (Phi) is 8.11. The molecule has 1 aliphatic heterocycles. The van der Waals surface area contributed by atoms with Crippen molar-refractivity contribution in [3.8, 4) is 17.3 Å². The summed E-state index contributed by atoms with van der Waals surface area (Å²) in [5.41, 5.74) is -0.756. The molecule has 2 amide bonds. The van der Waals surface area contributed by atoms with Gasteiger partial charge in [0.25, 0.3) is 11.5 Å². The summed E-state index contributed by atoms with van der Waals surface area (Å²) in [5.74, 6) is -0.191. The lowest BCUT2D eigenvalue weighted by Gasteiger charge is -2.30. The van der Waals surface area contributed by atoms with E-state index in [9.17, 15) is 23.6 Å². The molecule has 1 N–H and O–H groups in total. The molecule has 46 heavy (non-hydrogen) atoms. The number of hydrogen-bond donors (Lipinski definition) is 1. The number of amides is 2. The highest BCUT2D eigenvalue weighted by atomic mass is 19.1. The van der Waals surface area contributed by atoms with Crippen molar-refractivity contribution in [3.63, 3.8) is 0 Å². The minimum Gasteiger partial charge on any atom is -0.444 e. The zero-order valence-corrected chi connectivity index (χ0v) is 25.5. The lowest BCUT2D eigenvalue weighted by Crippen LogP contribution is -2.42. The lowest BCUT2D eigenvalue weighted by atomic mass is 10.1. The van der Waals surface area contributed by atoms with Gasteiger partial charge in [-0.25, -0.2) is 33.5 Å². The number of aromatic nitrogens is 5. The van der Waals surface area contributed by atoms with Crippen LogP contribution in [0.5, 0.6) is 11.6 Å². The van der Waals surface area contributed by atoms with Crippen LogP contribution < -0.4 is 21.3 Å². The molecule has 0 unspecified atom stereocenters. The smallest absolute Gasteiger partial charge is 0.410 e. The number of pyridine rings is 1. The van der Waals surface area contributed by atoms with E-state index in [1.807, 2.05) is 20.8 Å². The molecule has 6 rings (SSSR count). The van der Waals surface area contributed by atoms with Crippen LogP contribution in [0.2, 0.25) is 0 Å². The number of ether oxygens (including phenoxy) is 2. The fourth-order valence-corrected chi connectivity index (χ4v) is 4.99. The Hall–Kier alpha value is -5.40. The van der Waals surface area contributed by atoms with Crippen molar-refractivity contribution >= 4 is 17.8 Å². The maximum absolute atomic E-state index is 13.5. The average molecular weight is 630 g/mol. The first kappa shape index (κ1) is 30.6. The molecule has 0 saturated heterocycles. The molecule has 0 bridgehead atoms. The number of anilines is 1. The van der Waals surface area contributed by atoms with Crippen LogP contribution in [-0.4, -0.2) is 53.1 Å². The van der Waals surface area contributed by atoms with Gasteiger partial charge in [-0.05, 0) is 82.3 Å². The van der Waals surface area contributed by atoms with Crippen molar-refractivity contribution in [2.75, 3.05) is 11.9 Å². The third-order valence-corrected chi connectivity index (χ3v) is 7.45. The summed E-state index contributed by atoms with van der Waals surface area (Å²) in [6.45, 7) is 6.45. The van der Waals surface area contributed by atoms with Gasteiger partial charge in [0.1, 0.15) is 34.9 Å². The lowest BCUT2D eigenvalue weighted by molar-refractivity contribution is 0.0219. The minimum atomic E-state index is -0.833. The number of halogens is 1. The van der Waals surface area contributed by atoms with Gasteiger partial charge in [0.15, 0.2) is 0 Å². The van der Waals surface area contributed by atoms with Crippen LogP contribution in [0.15, 0.2) is 64.7 Å². The van der Waals surface area contributed by atoms with Gasteiger partial charge in [0.05, 0.1) is 24.1 Å². The van der Waals surface area contributed by atoms with Gasteiger partial charge in [-0.3, -0.25) is 14.2 Å². The number of nitrogens with one attached hydrogen (secondary N) is 1. The molecule has 0 atom stereocenters. The summed E-state index contributed by atoms with van der Waals surface area (Å²) in [6, 6.07) is 7.99. The van der Waals surface area contributed by atoms with Crippen molar-refractivity contribution in [1.29, 1.82) is 0 Å². The Labute approximate surface area is 262 Å². The SMILES string of the molecule is CC(C)(C)OC(=O)N1CCc2c(ncnc2Oc2ccc(NC(=O)c3cn(CC4CC4)c(=O)n(-c4ccc(F)cc4)c3=O)nc2)C1. The maximum atomic E-state index is 13.5. The van der Waals surface area contributed by atoms with Gasteiger partial charge in [-0.1, -0.05) is 0 Å². The number of carbonyl (C=O) groups is 2. The molecule has 1 saturated carbocycles. The Morgan fingerprint density at radius 3 is 2.48 bits per heavy atom. The molecule has 14 heteroatoms. The summed E-state index contributed by atoms with van der Waals surface area (Å²) < 4.78 is 27.2. The van der Waals surface area contributed by atoms with Gasteiger partial charge in [-0.2, -0.15) is 0 Å². The zero-order chi connectivity index (χ0) is 32.6. The zero-order valence-electron chi connectivity index (χ0n) is 25.5. The van der Waals surface area contributed by atoms with E-state index in [1.54, 1.807) is 11.0 Å². The molecule has 4 heterocycles. The Bertz CT molecular complexity index is 1910. The van der Waals surface area contributed by atoms with E-state index in [1.165, 1.54) is 41.5 Å². The normalized spacial score (nSPS) is 14.4. The predicted octanol–water partition coefficient (Wildman–Crippen LogP) is 4.07. The van der Waals surface area contributed by atoms with Crippen LogP contribution in [0.3, 0.4) is 0 Å². The third-order valence-electron chi connectivity index (χ3n) is 7.45. The summed E-state index contributed by atoms with van der Waals surface area (Å²) >= 11 is 0. The van der Waals surface area contributed by atoms with E-state index >= 15 is 0 Å². The summed E-state index contributed by atoms with van der Waals surface area (Å²) in [7, 11) is 0. The highest BCUT2D eigenvalue weighted by molar-refractivity contribution is 6.03. The van der Waals surface area contributed by atoms with Crippen LogP contribution in [0, 0.1) is 11.7 Å². The fourth-order valence-electron chi connectivity index (χ4n) is 4.99. The Morgan fingerprint density at radius 1 is 1.04 bits per heavy atom. The van der Waals surface area contributed by atoms with E-state index in [2.05, 4.69) is 20.3 Å². The van der Waals surface area contributed by atoms with E-state index < -0.39 is 34.7 Å². The average Bonchev–Trinajstić information content (AvgIpc) is 3.84. The first-order valence-corrected chi connectivity index (χ1v) is 14.8. The standard InChI is InChI=1S/C32H32FN7O6/c1-32(2,3)46-31(44)38-13-12-23-25(17-38)35-18-36-28(23)45-22-10-11-26(34-14-22)37-27(41)24-16-39(15-19-4-5-19)30(43)40(29(24)42)21-8-6-20(33)7-9-21/h6-11,14,16,18-19H,4-5,12-13,15,17H2,1-3H3,(H,34,37,41). The number of rotatable bonds is 7. The molecule has 1 aliphatic carbocycles. The van der Waals surface area contributed by atoms with Crippen LogP contribution in [-0.2, 0) is 24.2 Å². The molecule has 1 fully saturated rings. The number of hydrogen-bond acceptors (Lipinski definition) is 9. The second kappa shape index (κ2) is 12.2. The maximum Gasteiger partial charge on any atom is 0.410 e. The fraction of sp³-hybridized carbons (Fsp3) is 0.344. The van der Waals surface area contributed by atoms with Crippen molar-refractivity contribution in [2.45, 2.75) is 58.7 Å². The van der Waals surface area contributed by atoms with Crippen molar-refractivity contribution < 1.29 is 23.5 Å². The van der Waals surface area contributed by atoms with Gasteiger partial charge < -0.3 is 19.7 Å². The monoisotopic (exact) mass is 629 g/mol. The van der Waals surface area contributed by atoms with Gasteiger partial charge in [-0.15, -0.1) is 0 Å². The summed E-state index contributed by atoms with van der Waals surface area (Å²) in [5, 5.41) is 2.61. The van der Waals surface area contributed by atoms with Crippen LogP contribution in [0.25, 0.3) is 5.69 Å². The number of fused-ring (bicyclic) bond motifs is 1. The molecule has 1 aromatic carbocycles. The van der Waals surface area contributed by atoms with E-state index in [0.717, 1.165) is 35.1 Å². The molecule has 238 valence electrons. The van der Waals surface area contributed by atoms with E-state index in [-0.39, 0.29) is 29.5 Å². The molecule has 4 aromatic rings. The number of nitrogens with zero attached hydrogens (tertiary/aromatic N) is 6. The highest BCUT2D eigenvalue weighted by Gasteiger charge is 2.29. The van der Waals surface area contributed by atoms with Crippen molar-refractivity contribution in [1.82, 2.24) is 29.0 Å². The molecule has 3 aromatic heterocycles. The molecule has 2 aliphatic rings. The molecule has 13 nitrogen and oxygen atoms in total. The van der Waals surface area contributed by atoms with Gasteiger partial charge in [0.2, 0.25) is 5.88 Å². The summed E-state index contributed by atoms with van der Waals surface area (Å²) in [4.78, 5) is 66.8. The highest BCUT2D eigenvalue weighted by Crippen LogP contribution is 2.30. The molecular weight excluding hydrogens is 597 g/mol. The van der Waals surface area contributed by atoms with Gasteiger partial charge in [0, 0.05) is 24.8 Å².